The van der Waals surface area contributed by atoms with Crippen LogP contribution in [-0.2, 0) is 0 Å². The van der Waals surface area contributed by atoms with Gasteiger partial charge in [0.1, 0.15) is 11.6 Å². The van der Waals surface area contributed by atoms with Crippen LogP contribution in [0.4, 0.5) is 8.78 Å². The molecule has 0 saturated carbocycles. The SMILES string of the molecule is O=C(c1ccc(F)cc1)c1ccc(C(=O)c2ccc(C(=O)c3ccc(F)cc3)cc2)cc1. The Kier molecular flexibility index (Phi) is 5.81. The zero-order valence-corrected chi connectivity index (χ0v) is 16.7. The topological polar surface area (TPSA) is 51.2 Å². The van der Waals surface area contributed by atoms with Crippen LogP contribution in [0.3, 0.4) is 0 Å². The Bertz CT molecular complexity index is 1190. The Balaban J connectivity index is 1.49. The Morgan fingerprint density at radius 2 is 0.500 bits per heavy atom. The number of benzene rings is 4. The molecule has 0 radical (unpaired) electrons. The monoisotopic (exact) mass is 426 g/mol. The Hall–Kier alpha value is -4.25. The maximum atomic E-state index is 13.0. The van der Waals surface area contributed by atoms with Crippen molar-refractivity contribution in [2.24, 2.45) is 0 Å². The van der Waals surface area contributed by atoms with Crippen LogP contribution in [0.1, 0.15) is 47.8 Å². The lowest BCUT2D eigenvalue weighted by molar-refractivity contribution is 0.102. The summed E-state index contributed by atoms with van der Waals surface area (Å²) < 4.78 is 26.1. The van der Waals surface area contributed by atoms with Gasteiger partial charge in [-0.05, 0) is 48.5 Å². The van der Waals surface area contributed by atoms with Crippen molar-refractivity contribution >= 4 is 17.3 Å². The summed E-state index contributed by atoms with van der Waals surface area (Å²) in [5, 5.41) is 0. The van der Waals surface area contributed by atoms with Gasteiger partial charge in [0.25, 0.3) is 0 Å². The van der Waals surface area contributed by atoms with Crippen molar-refractivity contribution in [1.82, 2.24) is 0 Å². The average Bonchev–Trinajstić information content (AvgIpc) is 2.84. The normalized spacial score (nSPS) is 10.6. The van der Waals surface area contributed by atoms with Gasteiger partial charge in [-0.1, -0.05) is 48.5 Å². The molecule has 4 aromatic rings. The molecule has 0 heterocycles. The van der Waals surface area contributed by atoms with Crippen LogP contribution >= 0.6 is 0 Å². The van der Waals surface area contributed by atoms with E-state index < -0.39 is 11.6 Å². The van der Waals surface area contributed by atoms with Crippen molar-refractivity contribution in [1.29, 1.82) is 0 Å². The van der Waals surface area contributed by atoms with Gasteiger partial charge in [0, 0.05) is 33.4 Å². The van der Waals surface area contributed by atoms with Crippen LogP contribution in [0.25, 0.3) is 0 Å². The van der Waals surface area contributed by atoms with E-state index in [0.29, 0.717) is 33.4 Å². The molecule has 0 saturated heterocycles. The summed E-state index contributed by atoms with van der Waals surface area (Å²) in [6, 6.07) is 22.9. The molecule has 32 heavy (non-hydrogen) atoms. The van der Waals surface area contributed by atoms with E-state index in [1.54, 1.807) is 48.5 Å². The highest BCUT2D eigenvalue weighted by Gasteiger charge is 2.14. The summed E-state index contributed by atoms with van der Waals surface area (Å²) in [4.78, 5) is 37.7. The quantitative estimate of drug-likeness (QED) is 0.374. The summed E-state index contributed by atoms with van der Waals surface area (Å²) >= 11 is 0. The highest BCUT2D eigenvalue weighted by molar-refractivity contribution is 6.13. The van der Waals surface area contributed by atoms with E-state index in [-0.39, 0.29) is 17.3 Å². The van der Waals surface area contributed by atoms with Gasteiger partial charge >= 0.3 is 0 Å². The molecule has 0 amide bonds. The molecule has 0 aromatic heterocycles. The molecule has 0 N–H and O–H groups in total. The first-order chi connectivity index (χ1) is 15.4. The van der Waals surface area contributed by atoms with Gasteiger partial charge in [-0.15, -0.1) is 0 Å². The molecule has 0 fully saturated rings. The van der Waals surface area contributed by atoms with Gasteiger partial charge < -0.3 is 0 Å². The molecule has 156 valence electrons. The largest absolute Gasteiger partial charge is 0.289 e. The highest BCUT2D eigenvalue weighted by atomic mass is 19.1. The zero-order valence-electron chi connectivity index (χ0n) is 16.7. The summed E-state index contributed by atoms with van der Waals surface area (Å²) in [6.07, 6.45) is 0. The Morgan fingerprint density at radius 1 is 0.344 bits per heavy atom. The maximum Gasteiger partial charge on any atom is 0.193 e. The molecule has 0 aliphatic heterocycles. The molecule has 4 aromatic carbocycles. The molecular formula is C27H16F2O3. The van der Waals surface area contributed by atoms with Crippen molar-refractivity contribution in [3.63, 3.8) is 0 Å². The second-order valence-corrected chi connectivity index (χ2v) is 7.16. The van der Waals surface area contributed by atoms with Crippen LogP contribution in [-0.4, -0.2) is 17.3 Å². The number of hydrogen-bond acceptors (Lipinski definition) is 3. The smallest absolute Gasteiger partial charge is 0.193 e. The van der Waals surface area contributed by atoms with E-state index in [0.717, 1.165) is 0 Å². The number of carbonyl (C=O) groups excluding carboxylic acids is 3. The number of ketones is 3. The van der Waals surface area contributed by atoms with Gasteiger partial charge in [0.05, 0.1) is 0 Å². The molecule has 3 nitrogen and oxygen atoms in total. The van der Waals surface area contributed by atoms with Crippen LogP contribution < -0.4 is 0 Å². The Morgan fingerprint density at radius 3 is 0.688 bits per heavy atom. The number of carbonyl (C=O) groups is 3. The number of halogens is 2. The average molecular weight is 426 g/mol. The lowest BCUT2D eigenvalue weighted by Crippen LogP contribution is -2.06. The van der Waals surface area contributed by atoms with Gasteiger partial charge in [0.2, 0.25) is 0 Å². The molecule has 4 rings (SSSR count). The van der Waals surface area contributed by atoms with Crippen molar-refractivity contribution in [2.45, 2.75) is 0 Å². The fourth-order valence-corrected chi connectivity index (χ4v) is 3.25. The van der Waals surface area contributed by atoms with Crippen molar-refractivity contribution in [3.8, 4) is 0 Å². The number of rotatable bonds is 6. The molecule has 0 unspecified atom stereocenters. The number of hydrogen-bond donors (Lipinski definition) is 0. The zero-order chi connectivity index (χ0) is 22.7. The van der Waals surface area contributed by atoms with Crippen LogP contribution in [0, 0.1) is 11.6 Å². The Labute approximate surface area is 183 Å². The minimum Gasteiger partial charge on any atom is -0.289 e. The summed E-state index contributed by atoms with van der Waals surface area (Å²) in [5.41, 5.74) is 2.25. The molecule has 0 aliphatic carbocycles. The van der Waals surface area contributed by atoms with E-state index in [1.807, 2.05) is 0 Å². The third-order valence-corrected chi connectivity index (χ3v) is 5.03. The third-order valence-electron chi connectivity index (χ3n) is 5.03. The summed E-state index contributed by atoms with van der Waals surface area (Å²) in [6.45, 7) is 0. The van der Waals surface area contributed by atoms with E-state index in [2.05, 4.69) is 0 Å². The molecule has 5 heteroatoms. The van der Waals surface area contributed by atoms with Crippen LogP contribution in [0.15, 0.2) is 97.1 Å². The molecule has 0 aliphatic rings. The van der Waals surface area contributed by atoms with Gasteiger partial charge in [-0.2, -0.15) is 0 Å². The predicted octanol–water partition coefficient (Wildman–Crippen LogP) is 5.66. The standard InChI is InChI=1S/C27H16F2O3/c28-23-13-9-21(10-14-23)26(31)19-5-1-17(2-6-19)25(30)18-3-7-20(8-4-18)27(32)22-11-15-24(29)16-12-22/h1-16H. The van der Waals surface area contributed by atoms with Crippen LogP contribution in [0.2, 0.25) is 0 Å². The molecule has 0 bridgehead atoms. The van der Waals surface area contributed by atoms with E-state index in [9.17, 15) is 23.2 Å². The first-order valence-corrected chi connectivity index (χ1v) is 9.78. The molecule has 0 atom stereocenters. The summed E-state index contributed by atoms with van der Waals surface area (Å²) in [7, 11) is 0. The maximum absolute atomic E-state index is 13.0. The van der Waals surface area contributed by atoms with Gasteiger partial charge in [-0.25, -0.2) is 8.78 Å². The fourth-order valence-electron chi connectivity index (χ4n) is 3.25. The second-order valence-electron chi connectivity index (χ2n) is 7.16. The van der Waals surface area contributed by atoms with E-state index >= 15 is 0 Å². The minimum atomic E-state index is -0.423. The first kappa shape index (κ1) is 21.0. The summed E-state index contributed by atoms with van der Waals surface area (Å²) in [5.74, 6) is -1.65. The van der Waals surface area contributed by atoms with Crippen molar-refractivity contribution in [2.75, 3.05) is 0 Å². The van der Waals surface area contributed by atoms with Gasteiger partial charge in [-0.3, -0.25) is 14.4 Å². The third kappa shape index (κ3) is 4.42. The lowest BCUT2D eigenvalue weighted by atomic mass is 9.97. The first-order valence-electron chi connectivity index (χ1n) is 9.78. The highest BCUT2D eigenvalue weighted by Crippen LogP contribution is 2.17. The van der Waals surface area contributed by atoms with E-state index in [1.165, 1.54) is 48.5 Å². The second kappa shape index (κ2) is 8.86. The minimum absolute atomic E-state index is 0.258. The van der Waals surface area contributed by atoms with Crippen molar-refractivity contribution in [3.05, 3.63) is 142 Å². The molecule has 0 spiro atoms. The molecular weight excluding hydrogens is 410 g/mol. The fraction of sp³-hybridized carbons (Fsp3) is 0. The lowest BCUT2D eigenvalue weighted by Gasteiger charge is -2.06. The predicted molar refractivity (Wildman–Crippen MR) is 116 cm³/mol. The van der Waals surface area contributed by atoms with Crippen LogP contribution in [0.5, 0.6) is 0 Å². The van der Waals surface area contributed by atoms with E-state index in [4.69, 9.17) is 0 Å². The van der Waals surface area contributed by atoms with Crippen molar-refractivity contribution < 1.29 is 23.2 Å². The van der Waals surface area contributed by atoms with Gasteiger partial charge in [0.15, 0.2) is 17.3 Å².